The molecule has 5 nitrogen and oxygen atoms in total. The Kier molecular flexibility index (Phi) is 6.24. The number of nitrogens with two attached hydrogens (primary N) is 1. The van der Waals surface area contributed by atoms with E-state index in [9.17, 15) is 8.42 Å². The van der Waals surface area contributed by atoms with Crippen molar-refractivity contribution in [2.45, 2.75) is 17.9 Å². The van der Waals surface area contributed by atoms with Gasteiger partial charge in [-0.1, -0.05) is 42.5 Å². The van der Waals surface area contributed by atoms with Crippen LogP contribution in [-0.4, -0.2) is 15.0 Å². The predicted molar refractivity (Wildman–Crippen MR) is 106 cm³/mol. The highest BCUT2D eigenvalue weighted by atomic mass is 32.2. The van der Waals surface area contributed by atoms with Crippen LogP contribution < -0.4 is 15.2 Å². The maximum atomic E-state index is 11.3. The smallest absolute Gasteiger partial charge is 0.238 e. The fourth-order valence-electron chi connectivity index (χ4n) is 2.62. The summed E-state index contributed by atoms with van der Waals surface area (Å²) in [5, 5.41) is 8.52. The summed E-state index contributed by atoms with van der Waals surface area (Å²) in [5.41, 5.74) is 2.49. The molecule has 0 unspecified atom stereocenters. The highest BCUT2D eigenvalue weighted by molar-refractivity contribution is 7.89. The van der Waals surface area contributed by atoms with Crippen LogP contribution >= 0.6 is 0 Å². The SMILES string of the molecule is NS(=O)(=O)c1ccc(Oc2ccc(CCNCc3ccccc3)cc2)cc1. The van der Waals surface area contributed by atoms with Gasteiger partial charge in [0.15, 0.2) is 0 Å². The highest BCUT2D eigenvalue weighted by Crippen LogP contribution is 2.23. The lowest BCUT2D eigenvalue weighted by atomic mass is 10.1. The van der Waals surface area contributed by atoms with Gasteiger partial charge in [0.25, 0.3) is 0 Å². The van der Waals surface area contributed by atoms with Crippen LogP contribution in [0.5, 0.6) is 11.5 Å². The van der Waals surface area contributed by atoms with E-state index in [-0.39, 0.29) is 4.90 Å². The van der Waals surface area contributed by atoms with Crippen LogP contribution in [0, 0.1) is 0 Å². The van der Waals surface area contributed by atoms with Crippen LogP contribution in [-0.2, 0) is 23.0 Å². The third kappa shape index (κ3) is 5.92. The van der Waals surface area contributed by atoms with E-state index in [2.05, 4.69) is 17.4 Å². The van der Waals surface area contributed by atoms with E-state index < -0.39 is 10.0 Å². The zero-order valence-electron chi connectivity index (χ0n) is 14.8. The number of rotatable bonds is 8. The van der Waals surface area contributed by atoms with Crippen LogP contribution in [0.15, 0.2) is 83.8 Å². The monoisotopic (exact) mass is 382 g/mol. The van der Waals surface area contributed by atoms with Crippen LogP contribution in [0.1, 0.15) is 11.1 Å². The summed E-state index contributed by atoms with van der Waals surface area (Å²) in [7, 11) is -3.69. The van der Waals surface area contributed by atoms with Crippen molar-refractivity contribution in [3.63, 3.8) is 0 Å². The Morgan fingerprint density at radius 2 is 1.37 bits per heavy atom. The van der Waals surface area contributed by atoms with E-state index in [1.54, 1.807) is 12.1 Å². The van der Waals surface area contributed by atoms with E-state index in [1.807, 2.05) is 42.5 Å². The average molecular weight is 382 g/mol. The lowest BCUT2D eigenvalue weighted by Crippen LogP contribution is -2.16. The van der Waals surface area contributed by atoms with Crippen LogP contribution in [0.2, 0.25) is 0 Å². The highest BCUT2D eigenvalue weighted by Gasteiger charge is 2.07. The number of hydrogen-bond donors (Lipinski definition) is 2. The van der Waals surface area contributed by atoms with Crippen molar-refractivity contribution in [1.82, 2.24) is 5.32 Å². The molecule has 27 heavy (non-hydrogen) atoms. The minimum Gasteiger partial charge on any atom is -0.457 e. The molecule has 0 aliphatic carbocycles. The van der Waals surface area contributed by atoms with Gasteiger partial charge < -0.3 is 10.1 Å². The van der Waals surface area contributed by atoms with E-state index in [0.29, 0.717) is 11.5 Å². The minimum atomic E-state index is -3.69. The lowest BCUT2D eigenvalue weighted by Gasteiger charge is -2.08. The molecule has 0 radical (unpaired) electrons. The van der Waals surface area contributed by atoms with Gasteiger partial charge in [0.2, 0.25) is 10.0 Å². The molecule has 6 heteroatoms. The number of nitrogens with one attached hydrogen (secondary N) is 1. The van der Waals surface area contributed by atoms with E-state index in [4.69, 9.17) is 9.88 Å². The fourth-order valence-corrected chi connectivity index (χ4v) is 3.13. The van der Waals surface area contributed by atoms with Crippen molar-refractivity contribution in [1.29, 1.82) is 0 Å². The predicted octanol–water partition coefficient (Wildman–Crippen LogP) is 3.46. The van der Waals surface area contributed by atoms with Crippen molar-refractivity contribution in [2.24, 2.45) is 5.14 Å². The second kappa shape index (κ2) is 8.81. The van der Waals surface area contributed by atoms with Gasteiger partial charge in [0.1, 0.15) is 11.5 Å². The Hall–Kier alpha value is -2.67. The first-order valence-electron chi connectivity index (χ1n) is 8.65. The quantitative estimate of drug-likeness (QED) is 0.585. The Morgan fingerprint density at radius 1 is 0.778 bits per heavy atom. The third-order valence-electron chi connectivity index (χ3n) is 4.07. The molecule has 0 aliphatic heterocycles. The fraction of sp³-hybridized carbons (Fsp3) is 0.143. The standard InChI is InChI=1S/C21H22N2O3S/c22-27(24,25)21-12-10-20(11-13-21)26-19-8-6-17(7-9-19)14-15-23-16-18-4-2-1-3-5-18/h1-13,23H,14-16H2,(H2,22,24,25). The summed E-state index contributed by atoms with van der Waals surface area (Å²) >= 11 is 0. The molecule has 0 fully saturated rings. The van der Waals surface area contributed by atoms with Gasteiger partial charge in [0.05, 0.1) is 4.90 Å². The number of hydrogen-bond acceptors (Lipinski definition) is 4. The van der Waals surface area contributed by atoms with Gasteiger partial charge in [-0.25, -0.2) is 13.6 Å². The summed E-state index contributed by atoms with van der Waals surface area (Å²) in [4.78, 5) is 0.0631. The molecule has 0 aliphatic rings. The van der Waals surface area contributed by atoms with Crippen molar-refractivity contribution >= 4 is 10.0 Å². The van der Waals surface area contributed by atoms with Gasteiger partial charge in [-0.3, -0.25) is 0 Å². The Labute approximate surface area is 159 Å². The number of ether oxygens (including phenoxy) is 1. The first-order valence-corrected chi connectivity index (χ1v) is 10.2. The molecule has 3 aromatic rings. The summed E-state index contributed by atoms with van der Waals surface area (Å²) in [6.45, 7) is 1.75. The summed E-state index contributed by atoms with van der Waals surface area (Å²) in [5.74, 6) is 1.25. The molecule has 3 N–H and O–H groups in total. The van der Waals surface area contributed by atoms with Crippen LogP contribution in [0.25, 0.3) is 0 Å². The van der Waals surface area contributed by atoms with Gasteiger partial charge in [-0.05, 0) is 60.5 Å². The summed E-state index contributed by atoms with van der Waals surface area (Å²) < 4.78 is 28.3. The van der Waals surface area contributed by atoms with Crippen molar-refractivity contribution in [3.05, 3.63) is 90.0 Å². The molecule has 3 rings (SSSR count). The van der Waals surface area contributed by atoms with Gasteiger partial charge >= 0.3 is 0 Å². The maximum absolute atomic E-state index is 11.3. The van der Waals surface area contributed by atoms with Crippen LogP contribution in [0.3, 0.4) is 0 Å². The molecule has 0 spiro atoms. The summed E-state index contributed by atoms with van der Waals surface area (Å²) in [6, 6.07) is 24.2. The van der Waals surface area contributed by atoms with Crippen molar-refractivity contribution in [3.8, 4) is 11.5 Å². The van der Waals surface area contributed by atoms with Gasteiger partial charge in [-0.2, -0.15) is 0 Å². The summed E-state index contributed by atoms with van der Waals surface area (Å²) in [6.07, 6.45) is 0.927. The molecular formula is C21H22N2O3S. The second-order valence-electron chi connectivity index (χ2n) is 6.17. The maximum Gasteiger partial charge on any atom is 0.238 e. The molecule has 0 bridgehead atoms. The number of primary sulfonamides is 1. The van der Waals surface area contributed by atoms with Gasteiger partial charge in [-0.15, -0.1) is 0 Å². The molecule has 0 amide bonds. The first kappa shape index (κ1) is 19.1. The molecule has 0 heterocycles. The van der Waals surface area contributed by atoms with Crippen molar-refractivity contribution in [2.75, 3.05) is 6.54 Å². The average Bonchev–Trinajstić information content (AvgIpc) is 2.67. The Balaban J connectivity index is 1.48. The zero-order valence-corrected chi connectivity index (χ0v) is 15.7. The molecule has 0 aromatic heterocycles. The molecule has 140 valence electrons. The Bertz CT molecular complexity index is 955. The molecule has 0 atom stereocenters. The number of sulfonamides is 1. The molecule has 3 aromatic carbocycles. The zero-order chi connectivity index (χ0) is 19.1. The topological polar surface area (TPSA) is 81.4 Å². The van der Waals surface area contributed by atoms with Gasteiger partial charge in [0, 0.05) is 6.54 Å². The second-order valence-corrected chi connectivity index (χ2v) is 7.74. The van der Waals surface area contributed by atoms with Crippen molar-refractivity contribution < 1.29 is 13.2 Å². The van der Waals surface area contributed by atoms with E-state index in [1.165, 1.54) is 23.3 Å². The molecule has 0 saturated heterocycles. The minimum absolute atomic E-state index is 0.0631. The van der Waals surface area contributed by atoms with Crippen LogP contribution in [0.4, 0.5) is 0 Å². The lowest BCUT2D eigenvalue weighted by molar-refractivity contribution is 0.482. The third-order valence-corrected chi connectivity index (χ3v) is 5.00. The Morgan fingerprint density at radius 3 is 1.96 bits per heavy atom. The normalized spacial score (nSPS) is 11.3. The van der Waals surface area contributed by atoms with E-state index in [0.717, 1.165) is 19.5 Å². The molecule has 0 saturated carbocycles. The first-order chi connectivity index (χ1) is 13.0. The largest absolute Gasteiger partial charge is 0.457 e. The number of benzene rings is 3. The van der Waals surface area contributed by atoms with E-state index >= 15 is 0 Å². The molecular weight excluding hydrogens is 360 g/mol.